The number of carbonyl (C=O) groups is 1. The molecule has 0 saturated carbocycles. The van der Waals surface area contributed by atoms with Crippen LogP contribution in [0.25, 0.3) is 0 Å². The van der Waals surface area contributed by atoms with Crippen molar-refractivity contribution in [2.45, 2.75) is 13.5 Å². The minimum Gasteiger partial charge on any atom is -0.490 e. The van der Waals surface area contributed by atoms with Crippen LogP contribution in [0.5, 0.6) is 11.5 Å². The Morgan fingerprint density at radius 1 is 1.36 bits per heavy atom. The molecular weight excluding hydrogens is 484 g/mol. The molecule has 0 radical (unpaired) electrons. The van der Waals surface area contributed by atoms with E-state index in [0.29, 0.717) is 44.3 Å². The van der Waals surface area contributed by atoms with E-state index in [0.717, 1.165) is 11.1 Å². The Hall–Kier alpha value is -1.61. The second-order valence-corrected chi connectivity index (χ2v) is 8.52. The third-order valence-electron chi connectivity index (χ3n) is 3.71. The molecule has 0 spiro atoms. The lowest BCUT2D eigenvalue weighted by molar-refractivity contribution is -0.123. The van der Waals surface area contributed by atoms with Crippen molar-refractivity contribution in [3.8, 4) is 11.5 Å². The molecule has 1 heterocycles. The number of benzene rings is 2. The molecule has 146 valence electrons. The maximum absolute atomic E-state index is 11.8. The average molecular weight is 500 g/mol. The van der Waals surface area contributed by atoms with Crippen molar-refractivity contribution in [1.82, 2.24) is 5.01 Å². The summed E-state index contributed by atoms with van der Waals surface area (Å²) in [6, 6.07) is 11.1. The first kappa shape index (κ1) is 21.1. The van der Waals surface area contributed by atoms with E-state index >= 15 is 0 Å². The Morgan fingerprint density at radius 2 is 2.14 bits per heavy atom. The highest BCUT2D eigenvalue weighted by molar-refractivity contribution is 9.10. The van der Waals surface area contributed by atoms with Gasteiger partial charge >= 0.3 is 0 Å². The van der Waals surface area contributed by atoms with Crippen LogP contribution < -0.4 is 9.47 Å². The number of hydrazone groups is 1. The van der Waals surface area contributed by atoms with Crippen LogP contribution in [0, 0.1) is 0 Å². The van der Waals surface area contributed by atoms with E-state index < -0.39 is 0 Å². The predicted octanol–water partition coefficient (Wildman–Crippen LogP) is 5.27. The quantitative estimate of drug-likeness (QED) is 0.383. The Morgan fingerprint density at radius 3 is 2.82 bits per heavy atom. The third kappa shape index (κ3) is 5.05. The number of thiocarbonyl (C=S) groups is 1. The van der Waals surface area contributed by atoms with Gasteiger partial charge in [-0.2, -0.15) is 10.1 Å². The smallest absolute Gasteiger partial charge is 0.259 e. The number of amides is 1. The summed E-state index contributed by atoms with van der Waals surface area (Å²) in [7, 11) is 0. The van der Waals surface area contributed by atoms with Crippen LogP contribution in [0.1, 0.15) is 18.1 Å². The van der Waals surface area contributed by atoms with Crippen molar-refractivity contribution in [1.29, 1.82) is 0 Å². The Labute approximate surface area is 186 Å². The highest BCUT2D eigenvalue weighted by atomic mass is 79.9. The monoisotopic (exact) mass is 498 g/mol. The third-order valence-corrected chi connectivity index (χ3v) is 6.01. The second-order valence-electron chi connectivity index (χ2n) is 5.65. The fraction of sp³-hybridized carbons (Fsp3) is 0.211. The largest absolute Gasteiger partial charge is 0.490 e. The van der Waals surface area contributed by atoms with Gasteiger partial charge in [0.05, 0.1) is 23.0 Å². The molecule has 0 bridgehead atoms. The first-order valence-electron chi connectivity index (χ1n) is 8.35. The van der Waals surface area contributed by atoms with Crippen LogP contribution in [0.3, 0.4) is 0 Å². The molecule has 1 aliphatic heterocycles. The van der Waals surface area contributed by atoms with E-state index in [2.05, 4.69) is 21.0 Å². The zero-order valence-corrected chi connectivity index (χ0v) is 18.8. The number of carbonyl (C=O) groups excluding carboxylic acids is 1. The van der Waals surface area contributed by atoms with E-state index in [1.807, 2.05) is 37.3 Å². The number of rotatable bonds is 7. The van der Waals surface area contributed by atoms with Gasteiger partial charge in [0.25, 0.3) is 5.91 Å². The van der Waals surface area contributed by atoms with Crippen LogP contribution in [0.15, 0.2) is 46.0 Å². The number of halogens is 2. The van der Waals surface area contributed by atoms with Gasteiger partial charge in [-0.15, -0.1) is 0 Å². The van der Waals surface area contributed by atoms with E-state index in [9.17, 15) is 4.79 Å². The van der Waals surface area contributed by atoms with Crippen LogP contribution in [0.2, 0.25) is 5.02 Å². The molecule has 0 aliphatic carbocycles. The molecule has 0 N–H and O–H groups in total. The molecule has 1 amide bonds. The zero-order valence-electron chi connectivity index (χ0n) is 14.9. The average Bonchev–Trinajstić information content (AvgIpc) is 2.99. The molecule has 1 aliphatic rings. The van der Waals surface area contributed by atoms with Crippen LogP contribution in [-0.4, -0.2) is 33.8 Å². The molecule has 0 unspecified atom stereocenters. The number of hydrogen-bond donors (Lipinski definition) is 0. The summed E-state index contributed by atoms with van der Waals surface area (Å²) in [5, 5.41) is 6.07. The minimum atomic E-state index is -0.130. The van der Waals surface area contributed by atoms with Gasteiger partial charge < -0.3 is 9.47 Å². The number of hydrogen-bond acceptors (Lipinski definition) is 6. The van der Waals surface area contributed by atoms with Gasteiger partial charge in [-0.1, -0.05) is 53.8 Å². The molecule has 2 aromatic rings. The standard InChI is InChI=1S/C19H16BrClN2O3S2/c1-2-25-16-8-12(9-22-23-17(24)11-28-19(23)27)7-14(20)18(16)26-10-13-5-3-4-6-15(13)21/h3-9H,2,10-11H2,1H3/b22-9+. The maximum atomic E-state index is 11.8. The fourth-order valence-electron chi connectivity index (χ4n) is 2.41. The maximum Gasteiger partial charge on any atom is 0.259 e. The Bertz CT molecular complexity index is 923. The topological polar surface area (TPSA) is 51.1 Å². The summed E-state index contributed by atoms with van der Waals surface area (Å²) in [5.41, 5.74) is 1.62. The molecule has 0 atom stereocenters. The van der Waals surface area contributed by atoms with Crippen LogP contribution in [-0.2, 0) is 11.4 Å². The second kappa shape index (κ2) is 9.73. The highest BCUT2D eigenvalue weighted by Gasteiger charge is 2.26. The lowest BCUT2D eigenvalue weighted by atomic mass is 10.2. The van der Waals surface area contributed by atoms with Crippen molar-refractivity contribution in [2.75, 3.05) is 12.4 Å². The molecule has 9 heteroatoms. The van der Waals surface area contributed by atoms with E-state index in [1.165, 1.54) is 16.8 Å². The van der Waals surface area contributed by atoms with Crippen molar-refractivity contribution in [3.05, 3.63) is 57.0 Å². The lowest BCUT2D eigenvalue weighted by Crippen LogP contribution is -2.22. The van der Waals surface area contributed by atoms with E-state index in [1.54, 1.807) is 12.3 Å². The summed E-state index contributed by atoms with van der Waals surface area (Å²) in [6.07, 6.45) is 1.57. The molecule has 1 saturated heterocycles. The summed E-state index contributed by atoms with van der Waals surface area (Å²) in [5.74, 6) is 1.33. The SMILES string of the molecule is CCOc1cc(/C=N/N2C(=O)CSC2=S)cc(Br)c1OCc1ccccc1Cl. The van der Waals surface area contributed by atoms with Crippen molar-refractivity contribution in [3.63, 3.8) is 0 Å². The van der Waals surface area contributed by atoms with E-state index in [-0.39, 0.29) is 5.91 Å². The molecule has 28 heavy (non-hydrogen) atoms. The van der Waals surface area contributed by atoms with Crippen molar-refractivity contribution in [2.24, 2.45) is 5.10 Å². The molecule has 0 aromatic heterocycles. The van der Waals surface area contributed by atoms with Crippen LogP contribution >= 0.6 is 51.5 Å². The Kier molecular flexibility index (Phi) is 7.34. The molecule has 1 fully saturated rings. The fourth-order valence-corrected chi connectivity index (χ4v) is 4.15. The minimum absolute atomic E-state index is 0.130. The van der Waals surface area contributed by atoms with Gasteiger partial charge in [-0.05, 0) is 46.6 Å². The van der Waals surface area contributed by atoms with Gasteiger partial charge in [0, 0.05) is 10.6 Å². The predicted molar refractivity (Wildman–Crippen MR) is 121 cm³/mol. The van der Waals surface area contributed by atoms with Gasteiger partial charge in [-0.25, -0.2) is 0 Å². The summed E-state index contributed by atoms with van der Waals surface area (Å²) >= 11 is 16.2. The van der Waals surface area contributed by atoms with Crippen molar-refractivity contribution < 1.29 is 14.3 Å². The van der Waals surface area contributed by atoms with Gasteiger partial charge in [0.2, 0.25) is 0 Å². The highest BCUT2D eigenvalue weighted by Crippen LogP contribution is 2.37. The summed E-state index contributed by atoms with van der Waals surface area (Å²) in [6.45, 7) is 2.67. The zero-order chi connectivity index (χ0) is 20.1. The molecule has 3 rings (SSSR count). The van der Waals surface area contributed by atoms with Gasteiger partial charge in [0.15, 0.2) is 15.8 Å². The van der Waals surface area contributed by atoms with Gasteiger partial charge in [-0.3, -0.25) is 4.79 Å². The summed E-state index contributed by atoms with van der Waals surface area (Å²) < 4.78 is 12.9. The molecule has 5 nitrogen and oxygen atoms in total. The lowest BCUT2D eigenvalue weighted by Gasteiger charge is -2.15. The molecule has 2 aromatic carbocycles. The van der Waals surface area contributed by atoms with Gasteiger partial charge in [0.1, 0.15) is 6.61 Å². The molecular formula is C19H16BrClN2O3S2. The van der Waals surface area contributed by atoms with Crippen LogP contribution in [0.4, 0.5) is 0 Å². The van der Waals surface area contributed by atoms with Crippen molar-refractivity contribution >= 4 is 68.0 Å². The normalized spacial score (nSPS) is 14.2. The van der Waals surface area contributed by atoms with E-state index in [4.69, 9.17) is 33.3 Å². The number of thioether (sulfide) groups is 1. The number of ether oxygens (including phenoxy) is 2. The Balaban J connectivity index is 1.82. The summed E-state index contributed by atoms with van der Waals surface area (Å²) in [4.78, 5) is 11.8. The number of nitrogens with zero attached hydrogens (tertiary/aromatic N) is 2. The first-order chi connectivity index (χ1) is 13.5. The first-order valence-corrected chi connectivity index (χ1v) is 10.9.